The average molecular weight is 682 g/mol. The highest BCUT2D eigenvalue weighted by atomic mass is 35.5. The zero-order chi connectivity index (χ0) is 33.9. The molecule has 1 atom stereocenters. The first kappa shape index (κ1) is 33.1. The molecule has 0 N–H and O–H groups in total. The van der Waals surface area contributed by atoms with E-state index in [1.807, 2.05) is 106 Å². The van der Waals surface area contributed by atoms with Gasteiger partial charge in [0.05, 0.1) is 30.0 Å². The minimum absolute atomic E-state index is 0.160. The molecule has 5 aromatic rings. The molecule has 1 aliphatic heterocycles. The third kappa shape index (κ3) is 6.11. The van der Waals surface area contributed by atoms with Crippen LogP contribution in [0.15, 0.2) is 99.9 Å². The maximum atomic E-state index is 14.5. The topological polar surface area (TPSA) is 82.4 Å². The summed E-state index contributed by atoms with van der Waals surface area (Å²) in [6, 6.07) is 24.1. The van der Waals surface area contributed by atoms with Crippen LogP contribution < -0.4 is 29.1 Å². The van der Waals surface area contributed by atoms with Crippen LogP contribution in [0.5, 0.6) is 17.2 Å². The van der Waals surface area contributed by atoms with Crippen molar-refractivity contribution in [2.45, 2.75) is 33.4 Å². The number of amides is 1. The molecule has 1 aliphatic rings. The summed E-state index contributed by atoms with van der Waals surface area (Å²) in [6.07, 6.45) is 1.81. The summed E-state index contributed by atoms with van der Waals surface area (Å²) in [5, 5.41) is 2.50. The maximum absolute atomic E-state index is 14.5. The third-order valence-electron chi connectivity index (χ3n) is 8.55. The lowest BCUT2D eigenvalue weighted by atomic mass is 9.90. The molecule has 10 heteroatoms. The Morgan fingerprint density at radius 2 is 1.67 bits per heavy atom. The Labute approximate surface area is 287 Å². The number of carbonyl (C=O) groups is 1. The van der Waals surface area contributed by atoms with Crippen molar-refractivity contribution in [2.24, 2.45) is 4.99 Å². The number of nitrogens with zero attached hydrogens (tertiary/aromatic N) is 3. The molecule has 1 amide bonds. The Balaban J connectivity index is 1.49. The van der Waals surface area contributed by atoms with E-state index < -0.39 is 6.04 Å². The van der Waals surface area contributed by atoms with E-state index in [4.69, 9.17) is 30.8 Å². The molecule has 0 saturated heterocycles. The zero-order valence-electron chi connectivity index (χ0n) is 27.5. The first-order valence-corrected chi connectivity index (χ1v) is 16.9. The zero-order valence-corrected chi connectivity index (χ0v) is 29.0. The van der Waals surface area contributed by atoms with Crippen LogP contribution in [0, 0.1) is 0 Å². The van der Waals surface area contributed by atoms with Gasteiger partial charge in [0.1, 0.15) is 18.4 Å². The SMILES string of the molecule is CCN(CC)C(=O)C1=C(C)N=c2s/c(=C/c3ccc(OCc4ccccc4Cl)c(OC)c3)c(=O)n2[C@@H]1c1c(OC)ccc2ccccc12. The van der Waals surface area contributed by atoms with Gasteiger partial charge in [-0.15, -0.1) is 0 Å². The molecule has 246 valence electrons. The molecule has 0 aliphatic carbocycles. The van der Waals surface area contributed by atoms with Crippen molar-refractivity contribution in [2.75, 3.05) is 27.3 Å². The Kier molecular flexibility index (Phi) is 9.71. The summed E-state index contributed by atoms with van der Waals surface area (Å²) in [6.45, 7) is 7.05. The molecule has 6 rings (SSSR count). The second-order valence-corrected chi connectivity index (χ2v) is 12.7. The second kappa shape index (κ2) is 14.1. The molecular weight excluding hydrogens is 646 g/mol. The van der Waals surface area contributed by atoms with E-state index in [2.05, 4.69) is 0 Å². The quantitative estimate of drug-likeness (QED) is 0.168. The number of allylic oxidation sites excluding steroid dienone is 1. The molecule has 0 radical (unpaired) electrons. The summed E-state index contributed by atoms with van der Waals surface area (Å²) in [7, 11) is 3.18. The molecule has 0 saturated carbocycles. The third-order valence-corrected chi connectivity index (χ3v) is 9.90. The molecule has 2 heterocycles. The monoisotopic (exact) mass is 681 g/mol. The number of fused-ring (bicyclic) bond motifs is 2. The molecule has 1 aromatic heterocycles. The number of benzene rings is 4. The molecule has 0 bridgehead atoms. The van der Waals surface area contributed by atoms with Crippen molar-refractivity contribution in [1.82, 2.24) is 9.47 Å². The van der Waals surface area contributed by atoms with Crippen LogP contribution in [0.25, 0.3) is 16.8 Å². The molecule has 0 unspecified atom stereocenters. The average Bonchev–Trinajstić information content (AvgIpc) is 3.40. The van der Waals surface area contributed by atoms with Gasteiger partial charge in [-0.25, -0.2) is 4.99 Å². The Morgan fingerprint density at radius 3 is 2.40 bits per heavy atom. The predicted octanol–water partition coefficient (Wildman–Crippen LogP) is 6.51. The molecule has 4 aromatic carbocycles. The van der Waals surface area contributed by atoms with E-state index in [0.717, 1.165) is 27.5 Å². The largest absolute Gasteiger partial charge is 0.496 e. The number of thiazole rings is 1. The van der Waals surface area contributed by atoms with Gasteiger partial charge in [-0.1, -0.05) is 77.5 Å². The number of aromatic nitrogens is 1. The van der Waals surface area contributed by atoms with Crippen molar-refractivity contribution in [3.05, 3.63) is 132 Å². The van der Waals surface area contributed by atoms with Crippen LogP contribution in [-0.2, 0) is 11.4 Å². The van der Waals surface area contributed by atoms with Gasteiger partial charge in [0.25, 0.3) is 11.5 Å². The van der Waals surface area contributed by atoms with E-state index in [0.29, 0.717) is 56.0 Å². The van der Waals surface area contributed by atoms with E-state index in [1.165, 1.54) is 11.3 Å². The van der Waals surface area contributed by atoms with E-state index >= 15 is 0 Å². The van der Waals surface area contributed by atoms with Gasteiger partial charge in [0, 0.05) is 29.2 Å². The number of methoxy groups -OCH3 is 2. The van der Waals surface area contributed by atoms with Crippen molar-refractivity contribution >= 4 is 45.7 Å². The lowest BCUT2D eigenvalue weighted by Crippen LogP contribution is -2.43. The summed E-state index contributed by atoms with van der Waals surface area (Å²) in [5.74, 6) is 1.50. The summed E-state index contributed by atoms with van der Waals surface area (Å²) >= 11 is 7.59. The number of carbonyl (C=O) groups excluding carboxylic acids is 1. The van der Waals surface area contributed by atoms with Gasteiger partial charge in [-0.2, -0.15) is 0 Å². The van der Waals surface area contributed by atoms with Crippen LogP contribution in [0.3, 0.4) is 0 Å². The lowest BCUT2D eigenvalue weighted by molar-refractivity contribution is -0.127. The molecule has 8 nitrogen and oxygen atoms in total. The minimum atomic E-state index is -0.757. The number of likely N-dealkylation sites (N-methyl/N-ethyl adjacent to an activating group) is 1. The number of rotatable bonds is 10. The smallest absolute Gasteiger partial charge is 0.271 e. The normalized spacial score (nSPS) is 14.5. The highest BCUT2D eigenvalue weighted by Crippen LogP contribution is 2.40. The van der Waals surface area contributed by atoms with Gasteiger partial charge in [0.15, 0.2) is 16.3 Å². The fraction of sp³-hybridized carbons (Fsp3) is 0.237. The van der Waals surface area contributed by atoms with Gasteiger partial charge in [-0.05, 0) is 67.4 Å². The Bertz CT molecular complexity index is 2240. The Hall–Kier alpha value is -4.86. The molecule has 0 spiro atoms. The molecule has 48 heavy (non-hydrogen) atoms. The van der Waals surface area contributed by atoms with Crippen molar-refractivity contribution in [3.8, 4) is 17.2 Å². The van der Waals surface area contributed by atoms with E-state index in [-0.39, 0.29) is 18.1 Å². The fourth-order valence-corrected chi connectivity index (χ4v) is 7.34. The summed E-state index contributed by atoms with van der Waals surface area (Å²) in [5.41, 5.74) is 3.12. The van der Waals surface area contributed by atoms with Crippen LogP contribution >= 0.6 is 22.9 Å². The van der Waals surface area contributed by atoms with E-state index in [9.17, 15) is 9.59 Å². The first-order chi connectivity index (χ1) is 23.3. The molecule has 0 fully saturated rings. The highest BCUT2D eigenvalue weighted by Gasteiger charge is 2.36. The maximum Gasteiger partial charge on any atom is 0.271 e. The minimum Gasteiger partial charge on any atom is -0.496 e. The van der Waals surface area contributed by atoms with Gasteiger partial charge in [-0.3, -0.25) is 14.2 Å². The van der Waals surface area contributed by atoms with Crippen LogP contribution in [0.4, 0.5) is 0 Å². The van der Waals surface area contributed by atoms with Gasteiger partial charge < -0.3 is 19.1 Å². The standard InChI is InChI=1S/C38H36ClN3O5S/c1-6-41(7-2)37(44)33-23(3)40-38-42(35(33)34-27-14-10-8-12-25(27)17-19-30(34)45-4)36(43)32(48-38)21-24-16-18-29(31(20-24)46-5)47-22-26-13-9-11-15-28(26)39/h8-21,35H,6-7,22H2,1-5H3/b32-21+/t35-/m0/s1. The highest BCUT2D eigenvalue weighted by molar-refractivity contribution is 7.07. The molecular formula is C38H36ClN3O5S. The summed E-state index contributed by atoms with van der Waals surface area (Å²) in [4.78, 5) is 35.8. The number of halogens is 1. The first-order valence-electron chi connectivity index (χ1n) is 15.7. The van der Waals surface area contributed by atoms with E-state index in [1.54, 1.807) is 23.7 Å². The van der Waals surface area contributed by atoms with Gasteiger partial charge in [0.2, 0.25) is 0 Å². The van der Waals surface area contributed by atoms with Crippen LogP contribution in [-0.4, -0.2) is 42.7 Å². The van der Waals surface area contributed by atoms with Crippen molar-refractivity contribution in [1.29, 1.82) is 0 Å². The van der Waals surface area contributed by atoms with Crippen molar-refractivity contribution in [3.63, 3.8) is 0 Å². The number of hydrogen-bond acceptors (Lipinski definition) is 7. The fourth-order valence-electron chi connectivity index (χ4n) is 6.10. The van der Waals surface area contributed by atoms with Gasteiger partial charge >= 0.3 is 0 Å². The Morgan fingerprint density at radius 1 is 0.958 bits per heavy atom. The number of hydrogen-bond donors (Lipinski definition) is 0. The second-order valence-electron chi connectivity index (χ2n) is 11.3. The summed E-state index contributed by atoms with van der Waals surface area (Å²) < 4.78 is 19.7. The van der Waals surface area contributed by atoms with Crippen LogP contribution in [0.1, 0.15) is 43.5 Å². The van der Waals surface area contributed by atoms with Crippen LogP contribution in [0.2, 0.25) is 5.02 Å². The number of ether oxygens (including phenoxy) is 3. The predicted molar refractivity (Wildman–Crippen MR) is 191 cm³/mol. The lowest BCUT2D eigenvalue weighted by Gasteiger charge is -2.30. The van der Waals surface area contributed by atoms with Crippen molar-refractivity contribution < 1.29 is 19.0 Å².